The Kier molecular flexibility index (Phi) is 4.73. The van der Waals surface area contributed by atoms with Gasteiger partial charge in [0.2, 0.25) is 0 Å². The van der Waals surface area contributed by atoms with E-state index in [1.54, 1.807) is 0 Å². The minimum absolute atomic E-state index is 0.0755. The van der Waals surface area contributed by atoms with Crippen LogP contribution in [0.3, 0.4) is 0 Å². The molecule has 1 atom stereocenters. The Morgan fingerprint density at radius 3 is 2.63 bits per heavy atom. The molecule has 19 heavy (non-hydrogen) atoms. The molecule has 1 unspecified atom stereocenters. The number of rotatable bonds is 6. The van der Waals surface area contributed by atoms with E-state index in [4.69, 9.17) is 0 Å². The summed E-state index contributed by atoms with van der Waals surface area (Å²) in [5.41, 5.74) is 1.08. The molecule has 1 aromatic carbocycles. The minimum atomic E-state index is -3.55. The lowest BCUT2D eigenvalue weighted by Crippen LogP contribution is -2.37. The molecular weight excluding hydrogens is 330 g/mol. The second kappa shape index (κ2) is 6.31. The van der Waals surface area contributed by atoms with Gasteiger partial charge in [-0.3, -0.25) is 0 Å². The van der Waals surface area contributed by atoms with Crippen molar-refractivity contribution in [3.63, 3.8) is 0 Å². The van der Waals surface area contributed by atoms with Gasteiger partial charge in [0.05, 0.1) is 12.5 Å². The SMILES string of the molecule is O=S(=O)(NC(CBr)Cc1ccccc1)c1cnc[nH]1. The largest absolute Gasteiger partial charge is 0.335 e. The van der Waals surface area contributed by atoms with Crippen LogP contribution in [-0.4, -0.2) is 29.8 Å². The Balaban J connectivity index is 2.08. The Bertz CT molecular complexity index is 599. The summed E-state index contributed by atoms with van der Waals surface area (Å²) in [7, 11) is -3.55. The van der Waals surface area contributed by atoms with Gasteiger partial charge in [-0.05, 0) is 12.0 Å². The summed E-state index contributed by atoms with van der Waals surface area (Å²) < 4.78 is 26.7. The molecule has 2 N–H and O–H groups in total. The number of nitrogens with zero attached hydrogens (tertiary/aromatic N) is 1. The molecular formula is C12H14BrN3O2S. The van der Waals surface area contributed by atoms with Crippen molar-refractivity contribution >= 4 is 26.0 Å². The van der Waals surface area contributed by atoms with Crippen LogP contribution in [0, 0.1) is 0 Å². The van der Waals surface area contributed by atoms with Gasteiger partial charge in [-0.25, -0.2) is 18.1 Å². The van der Waals surface area contributed by atoms with Crippen LogP contribution in [0.1, 0.15) is 5.56 Å². The first-order valence-electron chi connectivity index (χ1n) is 5.72. The number of H-pyrrole nitrogens is 1. The molecule has 2 aromatic rings. The number of benzene rings is 1. The van der Waals surface area contributed by atoms with Crippen molar-refractivity contribution in [1.29, 1.82) is 0 Å². The van der Waals surface area contributed by atoms with Crippen molar-refractivity contribution in [2.75, 3.05) is 5.33 Å². The van der Waals surface area contributed by atoms with Gasteiger partial charge in [0, 0.05) is 11.4 Å². The van der Waals surface area contributed by atoms with Gasteiger partial charge < -0.3 is 4.98 Å². The highest BCUT2D eigenvalue weighted by atomic mass is 79.9. The topological polar surface area (TPSA) is 74.8 Å². The normalized spacial score (nSPS) is 13.3. The van der Waals surface area contributed by atoms with Crippen LogP contribution in [0.15, 0.2) is 47.9 Å². The summed E-state index contributed by atoms with van der Waals surface area (Å²) in [5.74, 6) is 0. The first kappa shape index (κ1) is 14.2. The second-order valence-corrected chi connectivity index (χ2v) is 6.41. The molecule has 1 heterocycles. The van der Waals surface area contributed by atoms with Gasteiger partial charge in [-0.2, -0.15) is 0 Å². The van der Waals surface area contributed by atoms with E-state index < -0.39 is 10.0 Å². The van der Waals surface area contributed by atoms with Crippen molar-refractivity contribution < 1.29 is 8.42 Å². The predicted molar refractivity (Wildman–Crippen MR) is 76.6 cm³/mol. The first-order valence-corrected chi connectivity index (χ1v) is 8.33. The summed E-state index contributed by atoms with van der Waals surface area (Å²) in [6.45, 7) is 0. The fourth-order valence-electron chi connectivity index (χ4n) is 1.70. The molecule has 102 valence electrons. The van der Waals surface area contributed by atoms with Crippen LogP contribution >= 0.6 is 15.9 Å². The molecule has 5 nitrogen and oxygen atoms in total. The number of imidazole rings is 1. The van der Waals surface area contributed by atoms with E-state index in [0.29, 0.717) is 11.8 Å². The van der Waals surface area contributed by atoms with Gasteiger partial charge in [-0.1, -0.05) is 46.3 Å². The van der Waals surface area contributed by atoms with E-state index in [1.807, 2.05) is 30.3 Å². The van der Waals surface area contributed by atoms with Crippen molar-refractivity contribution in [3.8, 4) is 0 Å². The number of alkyl halides is 1. The Labute approximate surface area is 120 Å². The molecule has 0 aliphatic rings. The lowest BCUT2D eigenvalue weighted by Gasteiger charge is -2.15. The molecule has 2 rings (SSSR count). The van der Waals surface area contributed by atoms with E-state index in [-0.39, 0.29) is 11.1 Å². The van der Waals surface area contributed by atoms with Crippen LogP contribution in [-0.2, 0) is 16.4 Å². The highest BCUT2D eigenvalue weighted by Gasteiger charge is 2.20. The highest BCUT2D eigenvalue weighted by Crippen LogP contribution is 2.09. The fourth-order valence-corrected chi connectivity index (χ4v) is 3.44. The molecule has 0 amide bonds. The van der Waals surface area contributed by atoms with Gasteiger partial charge in [0.15, 0.2) is 5.03 Å². The number of hydrogen-bond donors (Lipinski definition) is 2. The first-order chi connectivity index (χ1) is 9.12. The third-order valence-corrected chi connectivity index (χ3v) is 4.82. The van der Waals surface area contributed by atoms with Gasteiger partial charge >= 0.3 is 0 Å². The van der Waals surface area contributed by atoms with Gasteiger partial charge in [-0.15, -0.1) is 0 Å². The zero-order chi connectivity index (χ0) is 13.7. The van der Waals surface area contributed by atoms with Crippen molar-refractivity contribution in [3.05, 3.63) is 48.4 Å². The second-order valence-electron chi connectivity index (χ2n) is 4.08. The Morgan fingerprint density at radius 1 is 1.32 bits per heavy atom. The maximum Gasteiger partial charge on any atom is 0.257 e. The maximum absolute atomic E-state index is 12.0. The lowest BCUT2D eigenvalue weighted by molar-refractivity contribution is 0.559. The molecule has 0 bridgehead atoms. The lowest BCUT2D eigenvalue weighted by atomic mass is 10.1. The van der Waals surface area contributed by atoms with Crippen LogP contribution in [0.25, 0.3) is 0 Å². The summed E-state index contributed by atoms with van der Waals surface area (Å²) in [5, 5.41) is 0.612. The molecule has 0 fully saturated rings. The smallest absolute Gasteiger partial charge is 0.257 e. The van der Waals surface area contributed by atoms with Crippen molar-refractivity contribution in [2.45, 2.75) is 17.5 Å². The maximum atomic E-state index is 12.0. The average molecular weight is 344 g/mol. The molecule has 0 radical (unpaired) electrons. The fraction of sp³-hybridized carbons (Fsp3) is 0.250. The van der Waals surface area contributed by atoms with E-state index in [9.17, 15) is 8.42 Å². The summed E-state index contributed by atoms with van der Waals surface area (Å²) in [6, 6.07) is 9.53. The molecule has 7 heteroatoms. The summed E-state index contributed by atoms with van der Waals surface area (Å²) in [4.78, 5) is 6.31. The number of nitrogens with one attached hydrogen (secondary N) is 2. The van der Waals surface area contributed by atoms with E-state index in [0.717, 1.165) is 5.56 Å². The molecule has 0 aliphatic carbocycles. The molecule has 0 saturated carbocycles. The number of aromatic amines is 1. The number of halogens is 1. The summed E-state index contributed by atoms with van der Waals surface area (Å²) >= 11 is 3.34. The Hall–Kier alpha value is -1.18. The molecule has 0 saturated heterocycles. The summed E-state index contributed by atoms with van der Waals surface area (Å²) in [6.07, 6.45) is 3.25. The van der Waals surface area contributed by atoms with Gasteiger partial charge in [0.1, 0.15) is 0 Å². The molecule has 0 spiro atoms. The monoisotopic (exact) mass is 343 g/mol. The van der Waals surface area contributed by atoms with Crippen LogP contribution in [0.2, 0.25) is 0 Å². The zero-order valence-electron chi connectivity index (χ0n) is 10.1. The average Bonchev–Trinajstić information content (AvgIpc) is 2.93. The number of hydrogen-bond acceptors (Lipinski definition) is 3. The van der Waals surface area contributed by atoms with Crippen LogP contribution in [0.4, 0.5) is 0 Å². The van der Waals surface area contributed by atoms with Crippen LogP contribution < -0.4 is 4.72 Å². The van der Waals surface area contributed by atoms with Crippen molar-refractivity contribution in [1.82, 2.24) is 14.7 Å². The van der Waals surface area contributed by atoms with E-state index in [2.05, 4.69) is 30.6 Å². The number of aromatic nitrogens is 2. The third-order valence-electron chi connectivity index (χ3n) is 2.60. The predicted octanol–water partition coefficient (Wildman–Crippen LogP) is 1.69. The zero-order valence-corrected chi connectivity index (χ0v) is 12.5. The number of sulfonamides is 1. The Morgan fingerprint density at radius 2 is 2.05 bits per heavy atom. The minimum Gasteiger partial charge on any atom is -0.335 e. The van der Waals surface area contributed by atoms with Crippen LogP contribution in [0.5, 0.6) is 0 Å². The van der Waals surface area contributed by atoms with Gasteiger partial charge in [0.25, 0.3) is 10.0 Å². The quantitative estimate of drug-likeness (QED) is 0.783. The third kappa shape index (κ3) is 3.89. The standard InChI is InChI=1S/C12H14BrN3O2S/c13-7-11(6-10-4-2-1-3-5-10)16-19(17,18)12-8-14-9-15-12/h1-5,8-9,11,16H,6-7H2,(H,14,15). The molecule has 0 aliphatic heterocycles. The highest BCUT2D eigenvalue weighted by molar-refractivity contribution is 9.09. The van der Waals surface area contributed by atoms with E-state index in [1.165, 1.54) is 12.5 Å². The molecule has 1 aromatic heterocycles. The van der Waals surface area contributed by atoms with E-state index >= 15 is 0 Å². The van der Waals surface area contributed by atoms with Crippen molar-refractivity contribution in [2.24, 2.45) is 0 Å².